The zero-order valence-electron chi connectivity index (χ0n) is 18.0. The van der Waals surface area contributed by atoms with Gasteiger partial charge in [-0.2, -0.15) is 18.2 Å². The van der Waals surface area contributed by atoms with Crippen molar-refractivity contribution in [2.24, 2.45) is 0 Å². The minimum Gasteiger partial charge on any atom is -0.494 e. The van der Waals surface area contributed by atoms with Gasteiger partial charge in [-0.15, -0.1) is 0 Å². The summed E-state index contributed by atoms with van der Waals surface area (Å²) < 4.78 is 53.6. The van der Waals surface area contributed by atoms with E-state index in [1.807, 2.05) is 6.92 Å². The Labute approximate surface area is 192 Å². The summed E-state index contributed by atoms with van der Waals surface area (Å²) >= 11 is 0. The first-order chi connectivity index (χ1) is 16.2. The molecule has 0 saturated heterocycles. The molecule has 2 N–H and O–H groups in total. The maximum atomic E-state index is 12.7. The fraction of sp³-hybridized carbons (Fsp3) is 0.273. The molecule has 1 aromatic heterocycles. The highest BCUT2D eigenvalue weighted by Gasteiger charge is 2.30. The molecule has 0 atom stereocenters. The van der Waals surface area contributed by atoms with Crippen LogP contribution in [-0.4, -0.2) is 35.2 Å². The van der Waals surface area contributed by atoms with Crippen molar-refractivity contribution in [3.63, 3.8) is 0 Å². The molecule has 0 aliphatic rings. The predicted molar refractivity (Wildman–Crippen MR) is 112 cm³/mol. The van der Waals surface area contributed by atoms with Crippen molar-refractivity contribution in [3.8, 4) is 22.9 Å². The molecule has 9 nitrogen and oxygen atoms in total. The molecule has 0 spiro atoms. The summed E-state index contributed by atoms with van der Waals surface area (Å²) in [5, 5.41) is 3.87. The van der Waals surface area contributed by atoms with Crippen LogP contribution in [0.3, 0.4) is 0 Å². The number of ether oxygens (including phenoxy) is 2. The molecule has 2 amide bonds. The van der Waals surface area contributed by atoms with E-state index in [0.29, 0.717) is 18.2 Å². The quantitative estimate of drug-likeness (QED) is 0.454. The third-order valence-corrected chi connectivity index (χ3v) is 4.33. The number of halogens is 3. The average Bonchev–Trinajstić information content (AvgIpc) is 3.29. The number of hydrogen-bond acceptors (Lipinski definition) is 7. The first-order valence-electron chi connectivity index (χ1n) is 10.2. The highest BCUT2D eigenvalue weighted by molar-refractivity contribution is 5.82. The Hall–Kier alpha value is -4.09. The molecule has 3 rings (SSSR count). The third-order valence-electron chi connectivity index (χ3n) is 4.33. The van der Waals surface area contributed by atoms with E-state index < -0.39 is 30.2 Å². The number of aromatic nitrogens is 2. The molecule has 2 aromatic carbocycles. The maximum Gasteiger partial charge on any atom is 0.416 e. The van der Waals surface area contributed by atoms with E-state index in [4.69, 9.17) is 14.0 Å². The van der Waals surface area contributed by atoms with Crippen LogP contribution in [0, 0.1) is 0 Å². The van der Waals surface area contributed by atoms with Crippen LogP contribution >= 0.6 is 0 Å². The Balaban J connectivity index is 1.39. The molecule has 0 radical (unpaired) electrons. The highest BCUT2D eigenvalue weighted by Crippen LogP contribution is 2.31. The van der Waals surface area contributed by atoms with Crippen molar-refractivity contribution >= 4 is 11.8 Å². The van der Waals surface area contributed by atoms with E-state index in [-0.39, 0.29) is 24.5 Å². The van der Waals surface area contributed by atoms with Crippen LogP contribution in [0.1, 0.15) is 24.8 Å². The second-order valence-corrected chi connectivity index (χ2v) is 6.88. The van der Waals surface area contributed by atoms with Gasteiger partial charge in [-0.05, 0) is 49.4 Å². The molecular formula is C22H21F3N4O5. The van der Waals surface area contributed by atoms with E-state index in [1.165, 1.54) is 6.07 Å². The molecule has 34 heavy (non-hydrogen) atoms. The predicted octanol–water partition coefficient (Wildman–Crippen LogP) is 3.31. The fourth-order valence-electron chi connectivity index (χ4n) is 2.71. The summed E-state index contributed by atoms with van der Waals surface area (Å²) in [5.74, 6) is -0.101. The SMILES string of the molecule is CCOc1ccc(-c2noc(CCC(=O)NNC(=O)COc3cccc(C(F)(F)F)c3)n2)cc1. The number of amides is 2. The van der Waals surface area contributed by atoms with Crippen LogP contribution in [-0.2, 0) is 22.2 Å². The summed E-state index contributed by atoms with van der Waals surface area (Å²) in [5.41, 5.74) is 4.12. The maximum absolute atomic E-state index is 12.7. The number of alkyl halides is 3. The summed E-state index contributed by atoms with van der Waals surface area (Å²) in [4.78, 5) is 27.9. The van der Waals surface area contributed by atoms with Gasteiger partial charge < -0.3 is 14.0 Å². The molecule has 12 heteroatoms. The lowest BCUT2D eigenvalue weighted by Gasteiger charge is -2.10. The number of nitrogens with one attached hydrogen (secondary N) is 2. The molecular weight excluding hydrogens is 457 g/mol. The Morgan fingerprint density at radius 1 is 1.00 bits per heavy atom. The topological polar surface area (TPSA) is 116 Å². The van der Waals surface area contributed by atoms with Crippen LogP contribution < -0.4 is 20.3 Å². The molecule has 0 unspecified atom stereocenters. The van der Waals surface area contributed by atoms with Gasteiger partial charge in [-0.25, -0.2) is 0 Å². The van der Waals surface area contributed by atoms with Crippen molar-refractivity contribution in [3.05, 3.63) is 60.0 Å². The lowest BCUT2D eigenvalue weighted by molar-refractivity contribution is -0.137. The Bertz CT molecular complexity index is 1120. The Morgan fingerprint density at radius 3 is 2.44 bits per heavy atom. The van der Waals surface area contributed by atoms with E-state index in [2.05, 4.69) is 21.0 Å². The zero-order valence-corrected chi connectivity index (χ0v) is 18.0. The summed E-state index contributed by atoms with van der Waals surface area (Å²) in [6.07, 6.45) is -4.45. The van der Waals surface area contributed by atoms with Gasteiger partial charge in [0.05, 0.1) is 12.2 Å². The number of carbonyl (C=O) groups is 2. The summed E-state index contributed by atoms with van der Waals surface area (Å²) in [7, 11) is 0. The highest BCUT2D eigenvalue weighted by atomic mass is 19.4. The number of nitrogens with zero attached hydrogens (tertiary/aromatic N) is 2. The normalized spacial score (nSPS) is 11.1. The van der Waals surface area contributed by atoms with Crippen molar-refractivity contribution in [1.82, 2.24) is 21.0 Å². The van der Waals surface area contributed by atoms with Crippen molar-refractivity contribution in [1.29, 1.82) is 0 Å². The molecule has 0 fully saturated rings. The van der Waals surface area contributed by atoms with Crippen molar-refractivity contribution in [2.75, 3.05) is 13.2 Å². The summed E-state index contributed by atoms with van der Waals surface area (Å²) in [6, 6.07) is 11.2. The minimum absolute atomic E-state index is 0.0559. The first kappa shape index (κ1) is 24.6. The standard InChI is InChI=1S/C22H21F3N4O5/c1-2-32-16-8-6-14(7-9-16)21-26-20(34-29-21)11-10-18(30)27-28-19(31)13-33-17-5-3-4-15(12-17)22(23,24)25/h3-9,12H,2,10-11,13H2,1H3,(H,27,30)(H,28,31). The van der Waals surface area contributed by atoms with Crippen LogP contribution in [0.5, 0.6) is 11.5 Å². The van der Waals surface area contributed by atoms with Crippen LogP contribution in [0.15, 0.2) is 53.1 Å². The van der Waals surface area contributed by atoms with E-state index in [1.54, 1.807) is 24.3 Å². The Kier molecular flexibility index (Phi) is 8.06. The number of carbonyl (C=O) groups excluding carboxylic acids is 2. The van der Waals surface area contributed by atoms with E-state index >= 15 is 0 Å². The minimum atomic E-state index is -4.52. The Morgan fingerprint density at radius 2 is 1.74 bits per heavy atom. The molecule has 180 valence electrons. The van der Waals surface area contributed by atoms with Gasteiger partial charge in [0.1, 0.15) is 11.5 Å². The number of hydrogen-bond donors (Lipinski definition) is 2. The van der Waals surface area contributed by atoms with Crippen LogP contribution in [0.25, 0.3) is 11.4 Å². The van der Waals surface area contributed by atoms with Gasteiger partial charge >= 0.3 is 6.18 Å². The van der Waals surface area contributed by atoms with E-state index in [0.717, 1.165) is 23.8 Å². The number of benzene rings is 2. The smallest absolute Gasteiger partial charge is 0.416 e. The molecule has 0 bridgehead atoms. The zero-order chi connectivity index (χ0) is 24.6. The molecule has 1 heterocycles. The molecule has 3 aromatic rings. The molecule has 0 saturated carbocycles. The second-order valence-electron chi connectivity index (χ2n) is 6.88. The first-order valence-corrected chi connectivity index (χ1v) is 10.2. The van der Waals surface area contributed by atoms with Gasteiger partial charge in [-0.1, -0.05) is 11.2 Å². The molecule has 0 aliphatic carbocycles. The average molecular weight is 478 g/mol. The van der Waals surface area contributed by atoms with Crippen molar-refractivity contribution < 1.29 is 36.8 Å². The number of aryl methyl sites for hydroxylation is 1. The third kappa shape index (κ3) is 7.22. The second kappa shape index (κ2) is 11.2. The van der Waals surface area contributed by atoms with Gasteiger partial charge in [0.25, 0.3) is 5.91 Å². The summed E-state index contributed by atoms with van der Waals surface area (Å²) in [6.45, 7) is 1.85. The lowest BCUT2D eigenvalue weighted by atomic mass is 10.2. The monoisotopic (exact) mass is 478 g/mol. The number of rotatable bonds is 9. The fourth-order valence-corrected chi connectivity index (χ4v) is 2.71. The molecule has 0 aliphatic heterocycles. The van der Waals surface area contributed by atoms with E-state index in [9.17, 15) is 22.8 Å². The van der Waals surface area contributed by atoms with Crippen LogP contribution in [0.2, 0.25) is 0 Å². The number of hydrazine groups is 1. The van der Waals surface area contributed by atoms with Gasteiger partial charge in [0.2, 0.25) is 17.6 Å². The largest absolute Gasteiger partial charge is 0.494 e. The van der Waals surface area contributed by atoms with Gasteiger partial charge in [0, 0.05) is 18.4 Å². The van der Waals surface area contributed by atoms with Crippen LogP contribution in [0.4, 0.5) is 13.2 Å². The van der Waals surface area contributed by atoms with Crippen molar-refractivity contribution in [2.45, 2.75) is 25.9 Å². The van der Waals surface area contributed by atoms with Gasteiger partial charge in [-0.3, -0.25) is 20.4 Å². The van der Waals surface area contributed by atoms with Gasteiger partial charge in [0.15, 0.2) is 6.61 Å². The lowest BCUT2D eigenvalue weighted by Crippen LogP contribution is -2.43.